The van der Waals surface area contributed by atoms with Crippen molar-refractivity contribution in [2.24, 2.45) is 0 Å². The van der Waals surface area contributed by atoms with Gasteiger partial charge in [-0.15, -0.1) is 11.3 Å². The van der Waals surface area contributed by atoms with Gasteiger partial charge in [0.2, 0.25) is 5.91 Å². The van der Waals surface area contributed by atoms with Gasteiger partial charge in [-0.2, -0.15) is 0 Å². The summed E-state index contributed by atoms with van der Waals surface area (Å²) in [5.41, 5.74) is 4.31. The van der Waals surface area contributed by atoms with E-state index in [1.54, 1.807) is 16.2 Å². The van der Waals surface area contributed by atoms with E-state index in [-0.39, 0.29) is 25.0 Å². The number of carbonyl (C=O) groups excluding carboxylic acids is 2. The second-order valence-electron chi connectivity index (χ2n) is 7.57. The second-order valence-corrected chi connectivity index (χ2v) is 8.97. The molecule has 1 aliphatic heterocycles. The Morgan fingerprint density at radius 3 is 2.68 bits per heavy atom. The second kappa shape index (κ2) is 8.51. The Bertz CT molecular complexity index is 1150. The van der Waals surface area contributed by atoms with Crippen LogP contribution in [0.15, 0.2) is 42.5 Å². The van der Waals surface area contributed by atoms with E-state index in [1.165, 1.54) is 4.90 Å². The minimum absolute atomic E-state index is 0.0461. The van der Waals surface area contributed by atoms with Crippen LogP contribution in [-0.2, 0) is 9.59 Å². The Labute approximate surface area is 186 Å². The van der Waals surface area contributed by atoms with E-state index in [4.69, 9.17) is 4.74 Å². The van der Waals surface area contributed by atoms with E-state index in [0.717, 1.165) is 32.4 Å². The maximum Gasteiger partial charge on any atom is 0.265 e. The van der Waals surface area contributed by atoms with Crippen molar-refractivity contribution in [3.8, 4) is 17.0 Å². The molecular formula is C24H25N3O3S. The first-order chi connectivity index (χ1) is 14.9. The molecule has 0 saturated carbocycles. The molecule has 0 N–H and O–H groups in total. The van der Waals surface area contributed by atoms with Crippen LogP contribution in [0.5, 0.6) is 5.75 Å². The number of rotatable bonds is 5. The molecule has 31 heavy (non-hydrogen) atoms. The summed E-state index contributed by atoms with van der Waals surface area (Å²) in [6, 6.07) is 13.5. The third kappa shape index (κ3) is 4.18. The van der Waals surface area contributed by atoms with Crippen LogP contribution < -0.4 is 14.5 Å². The normalized spacial score (nSPS) is 13.0. The van der Waals surface area contributed by atoms with Gasteiger partial charge in [0.25, 0.3) is 5.91 Å². The van der Waals surface area contributed by atoms with Crippen molar-refractivity contribution in [3.63, 3.8) is 0 Å². The highest BCUT2D eigenvalue weighted by Gasteiger charge is 2.30. The molecule has 0 spiro atoms. The van der Waals surface area contributed by atoms with Crippen LogP contribution in [0.25, 0.3) is 11.3 Å². The van der Waals surface area contributed by atoms with Crippen LogP contribution in [0.2, 0.25) is 0 Å². The van der Waals surface area contributed by atoms with Gasteiger partial charge in [0.15, 0.2) is 6.61 Å². The van der Waals surface area contributed by atoms with Crippen molar-refractivity contribution in [1.29, 1.82) is 0 Å². The Hall–Kier alpha value is -3.19. The number of hydrogen-bond donors (Lipinski definition) is 0. The lowest BCUT2D eigenvalue weighted by molar-refractivity contribution is -0.124. The zero-order valence-electron chi connectivity index (χ0n) is 18.1. The standard InChI is InChI=1S/C24H25N3O3S/c1-5-26(19-8-6-7-15(2)11-19)22(28)13-27-20-12-18(24-16(3)31-17(4)25-24)9-10-21(20)30-14-23(27)29/h6-12H,5,13-14H2,1-4H3. The topological polar surface area (TPSA) is 62.7 Å². The highest BCUT2D eigenvalue weighted by Crippen LogP contribution is 2.37. The Morgan fingerprint density at radius 1 is 1.19 bits per heavy atom. The molecule has 0 bridgehead atoms. The highest BCUT2D eigenvalue weighted by molar-refractivity contribution is 7.11. The minimum Gasteiger partial charge on any atom is -0.482 e. The molecule has 0 aliphatic carbocycles. The fourth-order valence-electron chi connectivity index (χ4n) is 3.84. The molecule has 0 saturated heterocycles. The van der Waals surface area contributed by atoms with Crippen molar-refractivity contribution in [3.05, 3.63) is 57.9 Å². The predicted octanol–water partition coefficient (Wildman–Crippen LogP) is 4.51. The summed E-state index contributed by atoms with van der Waals surface area (Å²) in [7, 11) is 0. The molecule has 2 amide bonds. The molecule has 6 nitrogen and oxygen atoms in total. The first-order valence-corrected chi connectivity index (χ1v) is 11.1. The lowest BCUT2D eigenvalue weighted by atomic mass is 10.1. The molecule has 1 aromatic heterocycles. The zero-order valence-corrected chi connectivity index (χ0v) is 19.0. The summed E-state index contributed by atoms with van der Waals surface area (Å²) in [6.45, 7) is 8.32. The SMILES string of the molecule is CCN(C(=O)CN1C(=O)COc2ccc(-c3nc(C)sc3C)cc21)c1cccc(C)c1. The maximum absolute atomic E-state index is 13.2. The Kier molecular flexibility index (Phi) is 5.78. The fourth-order valence-corrected chi connectivity index (χ4v) is 4.68. The Balaban J connectivity index is 1.66. The summed E-state index contributed by atoms with van der Waals surface area (Å²) in [6.07, 6.45) is 0. The van der Waals surface area contributed by atoms with Crippen molar-refractivity contribution in [1.82, 2.24) is 4.98 Å². The fraction of sp³-hybridized carbons (Fsp3) is 0.292. The highest BCUT2D eigenvalue weighted by atomic mass is 32.1. The van der Waals surface area contributed by atoms with Gasteiger partial charge in [0.1, 0.15) is 12.3 Å². The van der Waals surface area contributed by atoms with Gasteiger partial charge in [-0.05, 0) is 63.6 Å². The Morgan fingerprint density at radius 2 is 2.00 bits per heavy atom. The summed E-state index contributed by atoms with van der Waals surface area (Å²) >= 11 is 1.64. The monoisotopic (exact) mass is 435 g/mol. The van der Waals surface area contributed by atoms with Crippen LogP contribution in [0.3, 0.4) is 0 Å². The van der Waals surface area contributed by atoms with Gasteiger partial charge in [-0.3, -0.25) is 14.5 Å². The van der Waals surface area contributed by atoms with Gasteiger partial charge in [0, 0.05) is 22.7 Å². The van der Waals surface area contributed by atoms with E-state index in [0.29, 0.717) is 18.0 Å². The maximum atomic E-state index is 13.2. The van der Waals surface area contributed by atoms with E-state index in [2.05, 4.69) is 4.98 Å². The molecule has 4 rings (SSSR count). The van der Waals surface area contributed by atoms with E-state index in [1.807, 2.05) is 70.2 Å². The summed E-state index contributed by atoms with van der Waals surface area (Å²) < 4.78 is 5.63. The van der Waals surface area contributed by atoms with Gasteiger partial charge >= 0.3 is 0 Å². The smallest absolute Gasteiger partial charge is 0.265 e. The number of ether oxygens (including phenoxy) is 1. The number of amides is 2. The average molecular weight is 436 g/mol. The lowest BCUT2D eigenvalue weighted by Gasteiger charge is -2.31. The number of fused-ring (bicyclic) bond motifs is 1. The molecule has 3 aromatic rings. The van der Waals surface area contributed by atoms with E-state index >= 15 is 0 Å². The molecular weight excluding hydrogens is 410 g/mol. The van der Waals surface area contributed by atoms with Crippen LogP contribution in [0, 0.1) is 20.8 Å². The number of hydrogen-bond acceptors (Lipinski definition) is 5. The van der Waals surface area contributed by atoms with E-state index < -0.39 is 0 Å². The molecule has 0 fully saturated rings. The first kappa shape index (κ1) is 21.1. The molecule has 0 unspecified atom stereocenters. The third-order valence-electron chi connectivity index (χ3n) is 5.30. The van der Waals surface area contributed by atoms with Crippen molar-refractivity contribution in [2.45, 2.75) is 27.7 Å². The quantitative estimate of drug-likeness (QED) is 0.591. The molecule has 0 atom stereocenters. The predicted molar refractivity (Wildman–Crippen MR) is 124 cm³/mol. The first-order valence-electron chi connectivity index (χ1n) is 10.3. The van der Waals surface area contributed by atoms with Gasteiger partial charge < -0.3 is 9.64 Å². The zero-order chi connectivity index (χ0) is 22.1. The molecule has 0 radical (unpaired) electrons. The summed E-state index contributed by atoms with van der Waals surface area (Å²) in [5.74, 6) is 0.226. The lowest BCUT2D eigenvalue weighted by Crippen LogP contribution is -2.46. The number of anilines is 2. The molecule has 1 aliphatic rings. The number of aryl methyl sites for hydroxylation is 3. The number of benzene rings is 2. The van der Waals surface area contributed by atoms with Gasteiger partial charge in [-0.25, -0.2) is 4.98 Å². The van der Waals surface area contributed by atoms with Crippen molar-refractivity contribution in [2.75, 3.05) is 29.5 Å². The van der Waals surface area contributed by atoms with Crippen LogP contribution in [0.1, 0.15) is 22.4 Å². The average Bonchev–Trinajstić information content (AvgIpc) is 3.08. The number of carbonyl (C=O) groups is 2. The summed E-state index contributed by atoms with van der Waals surface area (Å²) in [5, 5.41) is 0.987. The van der Waals surface area contributed by atoms with Crippen LogP contribution in [0.4, 0.5) is 11.4 Å². The van der Waals surface area contributed by atoms with Crippen LogP contribution >= 0.6 is 11.3 Å². The van der Waals surface area contributed by atoms with Gasteiger partial charge in [-0.1, -0.05) is 12.1 Å². The number of aromatic nitrogens is 1. The molecule has 2 aromatic carbocycles. The molecule has 160 valence electrons. The summed E-state index contributed by atoms with van der Waals surface area (Å²) in [4.78, 5) is 34.9. The number of likely N-dealkylation sites (N-methyl/N-ethyl adjacent to an activating group) is 1. The number of thiazole rings is 1. The third-order valence-corrected chi connectivity index (χ3v) is 6.19. The van der Waals surface area contributed by atoms with Crippen molar-refractivity contribution >= 4 is 34.5 Å². The van der Waals surface area contributed by atoms with Crippen molar-refractivity contribution < 1.29 is 14.3 Å². The van der Waals surface area contributed by atoms with Crippen LogP contribution in [-0.4, -0.2) is 36.5 Å². The number of nitrogens with zero attached hydrogens (tertiary/aromatic N) is 3. The van der Waals surface area contributed by atoms with E-state index in [9.17, 15) is 9.59 Å². The molecule has 7 heteroatoms. The largest absolute Gasteiger partial charge is 0.482 e. The minimum atomic E-state index is -0.232. The molecule has 2 heterocycles. The van der Waals surface area contributed by atoms with Gasteiger partial charge in [0.05, 0.1) is 16.4 Å².